The number of hydrogen-bond donors (Lipinski definition) is 1. The smallest absolute Gasteiger partial charge is 0.346 e. The molecule has 1 aromatic heterocycles. The number of allylic oxidation sites excluding steroid dienone is 1. The zero-order valence-corrected chi connectivity index (χ0v) is 25.3. The Hall–Kier alpha value is -4.07. The molecule has 0 saturated carbocycles. The first-order valence-electron chi connectivity index (χ1n) is 13.2. The van der Waals surface area contributed by atoms with E-state index in [4.69, 9.17) is 37.4 Å². The molecule has 216 valence electrons. The number of hydrogen-bond acceptors (Lipinski definition) is 6. The van der Waals surface area contributed by atoms with Crippen LogP contribution >= 0.6 is 23.2 Å². The molecule has 0 fully saturated rings. The lowest BCUT2D eigenvalue weighted by molar-refractivity contribution is 0.0734. The summed E-state index contributed by atoms with van der Waals surface area (Å²) in [4.78, 5) is 16.7. The van der Waals surface area contributed by atoms with Crippen LogP contribution in [0.5, 0.6) is 17.2 Å². The van der Waals surface area contributed by atoms with E-state index in [0.717, 1.165) is 39.1 Å². The van der Waals surface area contributed by atoms with Gasteiger partial charge in [-0.1, -0.05) is 41.4 Å². The molecular formula is C33H29Cl2FN2O4. The highest BCUT2D eigenvalue weighted by molar-refractivity contribution is 6.39. The third kappa shape index (κ3) is 5.94. The third-order valence-electron chi connectivity index (χ3n) is 6.99. The predicted octanol–water partition coefficient (Wildman–Crippen LogP) is 8.92. The van der Waals surface area contributed by atoms with Crippen LogP contribution in [0.2, 0.25) is 10.0 Å². The Bertz CT molecular complexity index is 1720. The van der Waals surface area contributed by atoms with E-state index in [2.05, 4.69) is 37.1 Å². The number of nitrogens with zero attached hydrogens (tertiary/aromatic N) is 1. The van der Waals surface area contributed by atoms with Gasteiger partial charge in [0.1, 0.15) is 35.2 Å². The van der Waals surface area contributed by atoms with Crippen molar-refractivity contribution in [2.45, 2.75) is 39.8 Å². The van der Waals surface area contributed by atoms with Crippen LogP contribution in [0, 0.1) is 12.7 Å². The van der Waals surface area contributed by atoms with Crippen LogP contribution in [-0.4, -0.2) is 23.6 Å². The second kappa shape index (κ2) is 11.7. The lowest BCUT2D eigenvalue weighted by Crippen LogP contribution is -2.32. The number of carbonyl (C=O) groups excluding carboxylic acids is 1. The molecule has 0 amide bonds. The van der Waals surface area contributed by atoms with Crippen LogP contribution in [0.25, 0.3) is 16.7 Å². The Morgan fingerprint density at radius 2 is 1.69 bits per heavy atom. The second-order valence-corrected chi connectivity index (χ2v) is 11.4. The van der Waals surface area contributed by atoms with Crippen molar-refractivity contribution in [3.05, 3.63) is 105 Å². The third-order valence-corrected chi connectivity index (χ3v) is 7.57. The maximum atomic E-state index is 14.0. The van der Waals surface area contributed by atoms with Crippen LogP contribution < -0.4 is 19.5 Å². The summed E-state index contributed by atoms with van der Waals surface area (Å²) in [6, 6.07) is 13.6. The van der Waals surface area contributed by atoms with Crippen LogP contribution in [-0.2, 0) is 6.61 Å². The Balaban J connectivity index is 1.57. The molecule has 2 heterocycles. The Morgan fingerprint density at radius 1 is 0.976 bits per heavy atom. The van der Waals surface area contributed by atoms with Crippen molar-refractivity contribution in [1.29, 1.82) is 0 Å². The van der Waals surface area contributed by atoms with Gasteiger partial charge in [-0.25, -0.2) is 9.18 Å². The number of carbonyl (C=O) groups is 1. The molecule has 1 aliphatic heterocycles. The predicted molar refractivity (Wildman–Crippen MR) is 164 cm³/mol. The first-order valence-corrected chi connectivity index (χ1v) is 14.0. The zero-order chi connectivity index (χ0) is 30.2. The van der Waals surface area contributed by atoms with E-state index in [1.165, 1.54) is 24.5 Å². The number of rotatable bonds is 7. The lowest BCUT2D eigenvalue weighted by Gasteiger charge is -2.33. The summed E-state index contributed by atoms with van der Waals surface area (Å²) in [5.41, 5.74) is 6.17. The first-order chi connectivity index (χ1) is 20.0. The normalized spacial score (nSPS) is 13.5. The molecule has 1 aliphatic rings. The number of aromatic nitrogens is 1. The number of aryl methyl sites for hydroxylation is 1. The quantitative estimate of drug-likeness (QED) is 0.167. The summed E-state index contributed by atoms with van der Waals surface area (Å²) >= 11 is 12.3. The summed E-state index contributed by atoms with van der Waals surface area (Å²) in [7, 11) is 1.54. The fourth-order valence-electron chi connectivity index (χ4n) is 5.20. The average Bonchev–Trinajstić information content (AvgIpc) is 2.92. The molecule has 6 nitrogen and oxygen atoms in total. The molecule has 0 spiro atoms. The molecule has 4 aromatic rings. The number of ether oxygens (including phenoxy) is 3. The summed E-state index contributed by atoms with van der Waals surface area (Å²) in [5.74, 6) is 0.0970. The molecule has 0 radical (unpaired) electrons. The molecule has 0 bridgehead atoms. The van der Waals surface area contributed by atoms with E-state index in [1.54, 1.807) is 25.3 Å². The SMILES string of the molecule is COc1cc(OC(=O)c2c(Cl)cncc2Cl)ccc1-c1ccc2c(c1COc1cc(F)ccc1C)C(C)=CC(C)(C)N2. The summed E-state index contributed by atoms with van der Waals surface area (Å²) in [6.07, 6.45) is 4.82. The summed E-state index contributed by atoms with van der Waals surface area (Å²) < 4.78 is 31.6. The highest BCUT2D eigenvalue weighted by Crippen LogP contribution is 2.43. The first kappa shape index (κ1) is 29.4. The number of halogens is 3. The fourth-order valence-corrected chi connectivity index (χ4v) is 5.72. The standard InChI is InChI=1S/C33H29Cl2FN2O4/c1-18-6-7-20(36)12-28(18)41-17-24-22(10-11-27-30(24)19(2)14-33(3,4)38-27)23-9-8-21(13-29(23)40-5)42-32(39)31-25(34)15-37-16-26(31)35/h6-16,38H,17H2,1-5H3. The maximum Gasteiger partial charge on any atom is 0.346 e. The number of esters is 1. The zero-order valence-electron chi connectivity index (χ0n) is 23.8. The van der Waals surface area contributed by atoms with Gasteiger partial charge in [0, 0.05) is 46.9 Å². The van der Waals surface area contributed by atoms with Crippen molar-refractivity contribution < 1.29 is 23.4 Å². The molecule has 42 heavy (non-hydrogen) atoms. The van der Waals surface area contributed by atoms with Gasteiger partial charge in [0.05, 0.1) is 22.7 Å². The van der Waals surface area contributed by atoms with Crippen molar-refractivity contribution in [3.8, 4) is 28.4 Å². The minimum Gasteiger partial charge on any atom is -0.496 e. The van der Waals surface area contributed by atoms with Gasteiger partial charge in [0.15, 0.2) is 0 Å². The number of benzene rings is 3. The van der Waals surface area contributed by atoms with Crippen molar-refractivity contribution in [1.82, 2.24) is 4.98 Å². The molecule has 5 rings (SSSR count). The number of pyridine rings is 1. The molecule has 9 heteroatoms. The van der Waals surface area contributed by atoms with E-state index < -0.39 is 5.97 Å². The Morgan fingerprint density at radius 3 is 2.40 bits per heavy atom. The molecule has 0 unspecified atom stereocenters. The van der Waals surface area contributed by atoms with Crippen LogP contribution in [0.1, 0.15) is 47.8 Å². The van der Waals surface area contributed by atoms with Gasteiger partial charge in [-0.05, 0) is 68.7 Å². The molecule has 1 N–H and O–H groups in total. The average molecular weight is 608 g/mol. The van der Waals surface area contributed by atoms with E-state index in [9.17, 15) is 9.18 Å². The molecular weight excluding hydrogens is 578 g/mol. The molecule has 0 aliphatic carbocycles. The van der Waals surface area contributed by atoms with Gasteiger partial charge >= 0.3 is 5.97 Å². The molecule has 0 saturated heterocycles. The van der Waals surface area contributed by atoms with Crippen molar-refractivity contribution >= 4 is 40.4 Å². The lowest BCUT2D eigenvalue weighted by atomic mass is 9.85. The number of methoxy groups -OCH3 is 1. The van der Waals surface area contributed by atoms with Crippen LogP contribution in [0.15, 0.2) is 67.0 Å². The van der Waals surface area contributed by atoms with Gasteiger partial charge in [0.2, 0.25) is 0 Å². The van der Waals surface area contributed by atoms with Crippen molar-refractivity contribution in [2.24, 2.45) is 0 Å². The van der Waals surface area contributed by atoms with Gasteiger partial charge < -0.3 is 19.5 Å². The fraction of sp³-hybridized carbons (Fsp3) is 0.212. The minimum absolute atomic E-state index is 0.0239. The summed E-state index contributed by atoms with van der Waals surface area (Å²) in [5, 5.41) is 3.75. The largest absolute Gasteiger partial charge is 0.496 e. The maximum absolute atomic E-state index is 14.0. The second-order valence-electron chi connectivity index (χ2n) is 10.6. The highest BCUT2D eigenvalue weighted by Gasteiger charge is 2.27. The highest BCUT2D eigenvalue weighted by atomic mass is 35.5. The Labute approximate surface area is 254 Å². The van der Waals surface area contributed by atoms with E-state index >= 15 is 0 Å². The Kier molecular flexibility index (Phi) is 8.17. The van der Waals surface area contributed by atoms with E-state index in [1.807, 2.05) is 25.1 Å². The topological polar surface area (TPSA) is 69.7 Å². The molecule has 0 atom stereocenters. The number of fused-ring (bicyclic) bond motifs is 1. The van der Waals surface area contributed by atoms with Crippen LogP contribution in [0.4, 0.5) is 10.1 Å². The van der Waals surface area contributed by atoms with Crippen molar-refractivity contribution in [2.75, 3.05) is 12.4 Å². The van der Waals surface area contributed by atoms with Gasteiger partial charge in [-0.15, -0.1) is 0 Å². The van der Waals surface area contributed by atoms with Crippen LogP contribution in [0.3, 0.4) is 0 Å². The minimum atomic E-state index is -0.718. The monoisotopic (exact) mass is 606 g/mol. The van der Waals surface area contributed by atoms with E-state index in [-0.39, 0.29) is 39.3 Å². The van der Waals surface area contributed by atoms with Gasteiger partial charge in [0.25, 0.3) is 0 Å². The van der Waals surface area contributed by atoms with Gasteiger partial charge in [-0.2, -0.15) is 0 Å². The van der Waals surface area contributed by atoms with Crippen molar-refractivity contribution in [3.63, 3.8) is 0 Å². The summed E-state index contributed by atoms with van der Waals surface area (Å²) in [6.45, 7) is 8.33. The van der Waals surface area contributed by atoms with E-state index in [0.29, 0.717) is 11.5 Å². The number of anilines is 1. The molecule has 3 aromatic carbocycles. The van der Waals surface area contributed by atoms with Gasteiger partial charge in [-0.3, -0.25) is 4.98 Å². The number of nitrogens with one attached hydrogen (secondary N) is 1.